The van der Waals surface area contributed by atoms with Crippen LogP contribution in [0.15, 0.2) is 30.3 Å². The van der Waals surface area contributed by atoms with Crippen molar-refractivity contribution in [3.05, 3.63) is 35.9 Å². The van der Waals surface area contributed by atoms with E-state index < -0.39 is 0 Å². The van der Waals surface area contributed by atoms with Gasteiger partial charge >= 0.3 is 0 Å². The average Bonchev–Trinajstić information content (AvgIpc) is 2.34. The van der Waals surface area contributed by atoms with E-state index >= 15 is 0 Å². The van der Waals surface area contributed by atoms with Crippen molar-refractivity contribution in [2.75, 3.05) is 13.2 Å². The maximum Gasteiger partial charge on any atom is 0.0906 e. The quantitative estimate of drug-likeness (QED) is 0.792. The minimum atomic E-state index is -0.325. The molecule has 1 saturated carbocycles. The standard InChI is InChI=1S/C14H17FN2/c15-7-4-8-17-13-9-14(10-13,11-16)12-5-2-1-3-6-12/h1-3,5-6,13,17H,4,7-10H2. The zero-order valence-electron chi connectivity index (χ0n) is 9.82. The first-order valence-electron chi connectivity index (χ1n) is 6.07. The molecule has 1 fully saturated rings. The first-order valence-corrected chi connectivity index (χ1v) is 6.07. The molecule has 0 atom stereocenters. The zero-order chi connectivity index (χ0) is 12.1. The molecule has 3 heteroatoms. The Morgan fingerprint density at radius 2 is 2.06 bits per heavy atom. The van der Waals surface area contributed by atoms with Crippen molar-refractivity contribution in [2.24, 2.45) is 0 Å². The van der Waals surface area contributed by atoms with Gasteiger partial charge in [0, 0.05) is 6.04 Å². The number of alkyl halides is 1. The Balaban J connectivity index is 1.92. The van der Waals surface area contributed by atoms with Gasteiger partial charge in [0.05, 0.1) is 18.2 Å². The molecule has 0 amide bonds. The van der Waals surface area contributed by atoms with Crippen LogP contribution >= 0.6 is 0 Å². The van der Waals surface area contributed by atoms with Gasteiger partial charge < -0.3 is 5.32 Å². The third kappa shape index (κ3) is 2.48. The summed E-state index contributed by atoms with van der Waals surface area (Å²) in [6.07, 6.45) is 2.22. The van der Waals surface area contributed by atoms with Gasteiger partial charge in [-0.2, -0.15) is 5.26 Å². The van der Waals surface area contributed by atoms with Crippen molar-refractivity contribution in [2.45, 2.75) is 30.7 Å². The lowest BCUT2D eigenvalue weighted by Crippen LogP contribution is -2.51. The van der Waals surface area contributed by atoms with Crippen molar-refractivity contribution < 1.29 is 4.39 Å². The molecule has 1 aliphatic carbocycles. The fraction of sp³-hybridized carbons (Fsp3) is 0.500. The van der Waals surface area contributed by atoms with Gasteiger partial charge in [-0.15, -0.1) is 0 Å². The van der Waals surface area contributed by atoms with Crippen LogP contribution in [-0.4, -0.2) is 19.3 Å². The SMILES string of the molecule is N#CC1(c2ccccc2)CC(NCCCF)C1. The molecule has 0 unspecified atom stereocenters. The van der Waals surface area contributed by atoms with Gasteiger partial charge in [-0.3, -0.25) is 4.39 Å². The summed E-state index contributed by atoms with van der Waals surface area (Å²) >= 11 is 0. The molecule has 90 valence electrons. The number of rotatable bonds is 5. The van der Waals surface area contributed by atoms with E-state index in [1.165, 1.54) is 0 Å². The van der Waals surface area contributed by atoms with Crippen molar-refractivity contribution in [1.82, 2.24) is 5.32 Å². The fourth-order valence-corrected chi connectivity index (χ4v) is 2.45. The van der Waals surface area contributed by atoms with E-state index in [1.807, 2.05) is 30.3 Å². The Morgan fingerprint density at radius 3 is 2.65 bits per heavy atom. The minimum Gasteiger partial charge on any atom is -0.314 e. The lowest BCUT2D eigenvalue weighted by molar-refractivity contribution is 0.225. The molecule has 1 N–H and O–H groups in total. The van der Waals surface area contributed by atoms with E-state index in [0.29, 0.717) is 19.0 Å². The van der Waals surface area contributed by atoms with Gasteiger partial charge in [-0.1, -0.05) is 30.3 Å². The zero-order valence-corrected chi connectivity index (χ0v) is 9.82. The van der Waals surface area contributed by atoms with Crippen molar-refractivity contribution in [3.8, 4) is 6.07 Å². The number of nitriles is 1. The number of benzene rings is 1. The van der Waals surface area contributed by atoms with E-state index in [4.69, 9.17) is 0 Å². The van der Waals surface area contributed by atoms with E-state index in [2.05, 4.69) is 11.4 Å². The van der Waals surface area contributed by atoms with Crippen molar-refractivity contribution in [3.63, 3.8) is 0 Å². The molecule has 0 aromatic heterocycles. The van der Waals surface area contributed by atoms with Crippen molar-refractivity contribution in [1.29, 1.82) is 5.26 Å². The van der Waals surface area contributed by atoms with Gasteiger partial charge in [-0.05, 0) is 31.4 Å². The lowest BCUT2D eigenvalue weighted by Gasteiger charge is -2.43. The number of hydrogen-bond acceptors (Lipinski definition) is 2. The van der Waals surface area contributed by atoms with E-state index in [9.17, 15) is 9.65 Å². The molecule has 0 heterocycles. The third-order valence-corrected chi connectivity index (χ3v) is 3.47. The Hall–Kier alpha value is -1.40. The molecule has 1 aromatic rings. The molecule has 2 nitrogen and oxygen atoms in total. The second kappa shape index (κ2) is 5.29. The monoisotopic (exact) mass is 232 g/mol. The highest BCUT2D eigenvalue weighted by Crippen LogP contribution is 2.43. The first kappa shape index (κ1) is 12.1. The molecular weight excluding hydrogens is 215 g/mol. The average molecular weight is 232 g/mol. The highest BCUT2D eigenvalue weighted by Gasteiger charge is 2.45. The largest absolute Gasteiger partial charge is 0.314 e. The van der Waals surface area contributed by atoms with Gasteiger partial charge in [0.25, 0.3) is 0 Å². The highest BCUT2D eigenvalue weighted by molar-refractivity contribution is 5.36. The summed E-state index contributed by atoms with van der Waals surface area (Å²) in [7, 11) is 0. The summed E-state index contributed by atoms with van der Waals surface area (Å²) < 4.78 is 12.0. The predicted octanol–water partition coefficient (Wildman–Crippen LogP) is 2.56. The van der Waals surface area contributed by atoms with E-state index in [0.717, 1.165) is 18.4 Å². The second-order valence-electron chi connectivity index (χ2n) is 4.66. The molecule has 0 bridgehead atoms. The Morgan fingerprint density at radius 1 is 1.35 bits per heavy atom. The molecule has 1 aliphatic rings. The summed E-state index contributed by atoms with van der Waals surface area (Å²) in [5, 5.41) is 12.6. The summed E-state index contributed by atoms with van der Waals surface area (Å²) in [4.78, 5) is 0. The van der Waals surface area contributed by atoms with Gasteiger partial charge in [0.2, 0.25) is 0 Å². The molecule has 2 rings (SSSR count). The number of halogens is 1. The molecule has 0 spiro atoms. The maximum atomic E-state index is 12.0. The van der Waals surface area contributed by atoms with Crippen LogP contribution in [-0.2, 0) is 5.41 Å². The number of nitrogens with zero attached hydrogens (tertiary/aromatic N) is 1. The topological polar surface area (TPSA) is 35.8 Å². The van der Waals surface area contributed by atoms with Gasteiger partial charge in [0.1, 0.15) is 0 Å². The Labute approximate surface area is 101 Å². The molecule has 17 heavy (non-hydrogen) atoms. The van der Waals surface area contributed by atoms with E-state index in [-0.39, 0.29) is 12.1 Å². The summed E-state index contributed by atoms with van der Waals surface area (Å²) in [6, 6.07) is 12.7. The van der Waals surface area contributed by atoms with Gasteiger partial charge in [-0.25, -0.2) is 0 Å². The summed E-state index contributed by atoms with van der Waals surface area (Å²) in [5.74, 6) is 0. The molecule has 0 aliphatic heterocycles. The Kier molecular flexibility index (Phi) is 3.75. The fourth-order valence-electron chi connectivity index (χ4n) is 2.45. The minimum absolute atomic E-state index is 0.276. The van der Waals surface area contributed by atoms with Crippen molar-refractivity contribution >= 4 is 0 Å². The predicted molar refractivity (Wildman–Crippen MR) is 65.3 cm³/mol. The van der Waals surface area contributed by atoms with Gasteiger partial charge in [0.15, 0.2) is 0 Å². The first-order chi connectivity index (χ1) is 8.30. The van der Waals surface area contributed by atoms with Crippen LogP contribution in [0.5, 0.6) is 0 Å². The van der Waals surface area contributed by atoms with Crippen LogP contribution in [0, 0.1) is 11.3 Å². The molecule has 0 saturated heterocycles. The third-order valence-electron chi connectivity index (χ3n) is 3.47. The van der Waals surface area contributed by atoms with Crippen LogP contribution in [0.2, 0.25) is 0 Å². The highest BCUT2D eigenvalue weighted by atomic mass is 19.1. The molecule has 0 radical (unpaired) electrons. The van der Waals surface area contributed by atoms with Crippen LogP contribution in [0.1, 0.15) is 24.8 Å². The van der Waals surface area contributed by atoms with Crippen LogP contribution in [0.25, 0.3) is 0 Å². The summed E-state index contributed by atoms with van der Waals surface area (Å²) in [6.45, 7) is 0.430. The van der Waals surface area contributed by atoms with Crippen LogP contribution < -0.4 is 5.32 Å². The van der Waals surface area contributed by atoms with E-state index in [1.54, 1.807) is 0 Å². The lowest BCUT2D eigenvalue weighted by atomic mass is 9.62. The number of nitrogens with one attached hydrogen (secondary N) is 1. The second-order valence-corrected chi connectivity index (χ2v) is 4.66. The Bertz CT molecular complexity index is 390. The number of hydrogen-bond donors (Lipinski definition) is 1. The summed E-state index contributed by atoms with van der Waals surface area (Å²) in [5.41, 5.74) is 0.778. The van der Waals surface area contributed by atoms with Crippen LogP contribution in [0.4, 0.5) is 4.39 Å². The molecule has 1 aromatic carbocycles. The van der Waals surface area contributed by atoms with Crippen LogP contribution in [0.3, 0.4) is 0 Å². The normalized spacial score (nSPS) is 27.2. The maximum absolute atomic E-state index is 12.0. The molecular formula is C14H17FN2. The smallest absolute Gasteiger partial charge is 0.0906 e.